The van der Waals surface area contributed by atoms with Crippen LogP contribution >= 0.6 is 0 Å². The fourth-order valence-electron chi connectivity index (χ4n) is 2.65. The monoisotopic (exact) mass is 352 g/mol. The number of carbonyl (C=O) groups excluding carboxylic acids is 1. The second-order valence-corrected chi connectivity index (χ2v) is 6.87. The quantitative estimate of drug-likeness (QED) is 0.596. The van der Waals surface area contributed by atoms with Crippen molar-refractivity contribution in [2.24, 2.45) is 0 Å². The van der Waals surface area contributed by atoms with Gasteiger partial charge in [-0.1, -0.05) is 0 Å². The highest BCUT2D eigenvalue weighted by Gasteiger charge is 2.32. The van der Waals surface area contributed by atoms with Crippen LogP contribution in [0.2, 0.25) is 0 Å². The zero-order valence-corrected chi connectivity index (χ0v) is 15.0. The van der Waals surface area contributed by atoms with Gasteiger partial charge >= 0.3 is 6.09 Å². The van der Waals surface area contributed by atoms with E-state index in [2.05, 4.69) is 0 Å². The normalized spacial score (nSPS) is 17.3. The molecule has 1 fully saturated rings. The fraction of sp³-hybridized carbons (Fsp3) is 0.588. The van der Waals surface area contributed by atoms with Crippen LogP contribution in [-0.4, -0.2) is 47.8 Å². The first-order chi connectivity index (χ1) is 11.7. The third-order valence-electron chi connectivity index (χ3n) is 3.79. The van der Waals surface area contributed by atoms with Gasteiger partial charge in [0.15, 0.2) is 11.5 Å². The number of rotatable bonds is 5. The second-order valence-electron chi connectivity index (χ2n) is 6.87. The highest BCUT2D eigenvalue weighted by atomic mass is 16.6. The summed E-state index contributed by atoms with van der Waals surface area (Å²) in [6, 6.07) is 4.03. The lowest BCUT2D eigenvalue weighted by atomic mass is 10.2. The molecular weight excluding hydrogens is 328 g/mol. The van der Waals surface area contributed by atoms with Gasteiger partial charge in [-0.15, -0.1) is 0 Å². The Morgan fingerprint density at radius 1 is 1.36 bits per heavy atom. The molecular formula is C17H24N2O6. The van der Waals surface area contributed by atoms with Gasteiger partial charge in [0, 0.05) is 12.6 Å². The largest absolute Gasteiger partial charge is 0.493 e. The molecule has 0 spiro atoms. The van der Waals surface area contributed by atoms with Crippen LogP contribution in [0.4, 0.5) is 10.5 Å². The first-order valence-electron chi connectivity index (χ1n) is 8.16. The van der Waals surface area contributed by atoms with Crippen LogP contribution in [0.15, 0.2) is 18.2 Å². The number of benzene rings is 1. The van der Waals surface area contributed by atoms with E-state index in [1.165, 1.54) is 25.3 Å². The minimum Gasteiger partial charge on any atom is -0.493 e. The van der Waals surface area contributed by atoms with Crippen LogP contribution in [0.25, 0.3) is 0 Å². The van der Waals surface area contributed by atoms with Crippen molar-refractivity contribution in [2.75, 3.05) is 20.3 Å². The van der Waals surface area contributed by atoms with E-state index in [1.807, 2.05) is 20.8 Å². The number of non-ortho nitro benzene ring substituents is 1. The topological polar surface area (TPSA) is 91.1 Å². The van der Waals surface area contributed by atoms with E-state index < -0.39 is 10.5 Å². The average molecular weight is 352 g/mol. The molecule has 138 valence electrons. The molecule has 1 aliphatic rings. The van der Waals surface area contributed by atoms with Gasteiger partial charge in [0.05, 0.1) is 24.1 Å². The lowest BCUT2D eigenvalue weighted by molar-refractivity contribution is -0.385. The summed E-state index contributed by atoms with van der Waals surface area (Å²) in [6.45, 7) is 6.28. The average Bonchev–Trinajstić information content (AvgIpc) is 2.99. The van der Waals surface area contributed by atoms with E-state index in [9.17, 15) is 14.9 Å². The number of nitrogens with zero attached hydrogens (tertiary/aromatic N) is 2. The van der Waals surface area contributed by atoms with Crippen LogP contribution in [0, 0.1) is 10.1 Å². The van der Waals surface area contributed by atoms with Crippen molar-refractivity contribution >= 4 is 11.8 Å². The maximum absolute atomic E-state index is 12.3. The van der Waals surface area contributed by atoms with Gasteiger partial charge in [-0.3, -0.25) is 10.1 Å². The lowest BCUT2D eigenvalue weighted by Gasteiger charge is -2.28. The van der Waals surface area contributed by atoms with E-state index in [4.69, 9.17) is 14.2 Å². The van der Waals surface area contributed by atoms with Crippen LogP contribution < -0.4 is 9.47 Å². The molecule has 1 heterocycles. The molecule has 2 rings (SSSR count). The van der Waals surface area contributed by atoms with Crippen molar-refractivity contribution in [3.8, 4) is 11.5 Å². The molecule has 8 nitrogen and oxygen atoms in total. The molecule has 0 aromatic heterocycles. The van der Waals surface area contributed by atoms with Crippen molar-refractivity contribution in [3.05, 3.63) is 28.3 Å². The Hall–Kier alpha value is -2.51. The van der Waals surface area contributed by atoms with Gasteiger partial charge in [0.1, 0.15) is 12.2 Å². The number of carbonyl (C=O) groups is 1. The SMILES string of the molecule is COc1ccc([N+](=O)[O-])cc1OC[C@@H]1CCCN1C(=O)OC(C)(C)C. The predicted molar refractivity (Wildman–Crippen MR) is 91.1 cm³/mol. The second kappa shape index (κ2) is 7.58. The molecule has 1 amide bonds. The van der Waals surface area contributed by atoms with Gasteiger partial charge in [0.25, 0.3) is 5.69 Å². The van der Waals surface area contributed by atoms with Crippen LogP contribution in [-0.2, 0) is 4.74 Å². The molecule has 1 atom stereocenters. The van der Waals surface area contributed by atoms with E-state index >= 15 is 0 Å². The summed E-state index contributed by atoms with van der Waals surface area (Å²) in [6.07, 6.45) is 1.28. The molecule has 25 heavy (non-hydrogen) atoms. The van der Waals surface area contributed by atoms with Gasteiger partial charge in [-0.25, -0.2) is 4.79 Å². The molecule has 1 saturated heterocycles. The van der Waals surface area contributed by atoms with Crippen molar-refractivity contribution in [3.63, 3.8) is 0 Å². The molecule has 0 aliphatic carbocycles. The molecule has 1 aromatic carbocycles. The summed E-state index contributed by atoms with van der Waals surface area (Å²) in [7, 11) is 1.47. The Morgan fingerprint density at radius 3 is 2.68 bits per heavy atom. The maximum Gasteiger partial charge on any atom is 0.410 e. The minimum absolute atomic E-state index is 0.0776. The molecule has 0 unspecified atom stereocenters. The molecule has 1 aliphatic heterocycles. The lowest BCUT2D eigenvalue weighted by Crippen LogP contribution is -2.42. The van der Waals surface area contributed by atoms with Crippen molar-refractivity contribution in [1.29, 1.82) is 0 Å². The highest BCUT2D eigenvalue weighted by Crippen LogP contribution is 2.32. The Labute approximate surface area is 146 Å². The number of nitro benzene ring substituents is 1. The fourth-order valence-corrected chi connectivity index (χ4v) is 2.65. The molecule has 1 aromatic rings. The number of amides is 1. The third-order valence-corrected chi connectivity index (χ3v) is 3.79. The smallest absolute Gasteiger partial charge is 0.410 e. The van der Waals surface area contributed by atoms with E-state index in [0.29, 0.717) is 12.3 Å². The Kier molecular flexibility index (Phi) is 5.71. The summed E-state index contributed by atoms with van der Waals surface area (Å²) >= 11 is 0. The zero-order chi connectivity index (χ0) is 18.6. The van der Waals surface area contributed by atoms with E-state index in [1.54, 1.807) is 4.90 Å². The number of hydrogen-bond donors (Lipinski definition) is 0. The Morgan fingerprint density at radius 2 is 2.08 bits per heavy atom. The van der Waals surface area contributed by atoms with Crippen molar-refractivity contribution in [2.45, 2.75) is 45.3 Å². The summed E-state index contributed by atoms with van der Waals surface area (Å²) in [5.41, 5.74) is -0.639. The Bertz CT molecular complexity index is 641. The first-order valence-corrected chi connectivity index (χ1v) is 8.16. The van der Waals surface area contributed by atoms with Crippen LogP contribution in [0.5, 0.6) is 11.5 Å². The Balaban J connectivity index is 2.06. The number of nitro groups is 1. The molecule has 0 saturated carbocycles. The molecule has 0 radical (unpaired) electrons. The zero-order valence-electron chi connectivity index (χ0n) is 15.0. The minimum atomic E-state index is -0.561. The van der Waals surface area contributed by atoms with Crippen LogP contribution in [0.3, 0.4) is 0 Å². The number of methoxy groups -OCH3 is 1. The predicted octanol–water partition coefficient (Wildman–Crippen LogP) is 3.38. The van der Waals surface area contributed by atoms with Gasteiger partial charge in [-0.05, 0) is 39.7 Å². The number of likely N-dealkylation sites (tertiary alicyclic amines) is 1. The van der Waals surface area contributed by atoms with E-state index in [-0.39, 0.29) is 30.2 Å². The summed E-state index contributed by atoms with van der Waals surface area (Å²) in [5, 5.41) is 10.9. The van der Waals surface area contributed by atoms with Gasteiger partial charge in [-0.2, -0.15) is 0 Å². The highest BCUT2D eigenvalue weighted by molar-refractivity contribution is 5.69. The van der Waals surface area contributed by atoms with Gasteiger partial charge < -0.3 is 19.1 Å². The molecule has 0 N–H and O–H groups in total. The van der Waals surface area contributed by atoms with E-state index in [0.717, 1.165) is 12.8 Å². The first kappa shape index (κ1) is 18.8. The standard InChI is InChI=1S/C17H24N2O6/c1-17(2,3)25-16(20)18-9-5-6-13(18)11-24-15-10-12(19(21)22)7-8-14(15)23-4/h7-8,10,13H,5-6,9,11H2,1-4H3/t13-/m0/s1. The maximum atomic E-state index is 12.3. The summed E-state index contributed by atoms with van der Waals surface area (Å²) in [4.78, 5) is 24.4. The van der Waals surface area contributed by atoms with Crippen LogP contribution in [0.1, 0.15) is 33.6 Å². The molecule has 0 bridgehead atoms. The number of ether oxygens (including phenoxy) is 3. The summed E-state index contributed by atoms with van der Waals surface area (Å²) < 4.78 is 16.3. The van der Waals surface area contributed by atoms with Gasteiger partial charge in [0.2, 0.25) is 0 Å². The third kappa shape index (κ3) is 4.98. The molecule has 8 heteroatoms. The number of hydrogen-bond acceptors (Lipinski definition) is 6. The van der Waals surface area contributed by atoms with Crippen molar-refractivity contribution < 1.29 is 23.9 Å². The van der Waals surface area contributed by atoms with Crippen molar-refractivity contribution in [1.82, 2.24) is 4.90 Å². The summed E-state index contributed by atoms with van der Waals surface area (Å²) in [5.74, 6) is 0.695.